The Kier molecular flexibility index (Phi) is 7.12. The van der Waals surface area contributed by atoms with E-state index in [1.807, 2.05) is 18.7 Å². The number of nitrogens with zero attached hydrogens (tertiary/aromatic N) is 2. The molecule has 0 aromatic heterocycles. The van der Waals surface area contributed by atoms with Crippen LogP contribution in [0.15, 0.2) is 23.1 Å². The first kappa shape index (κ1) is 21.3. The molecular formula is C21H32N2O4S. The highest BCUT2D eigenvalue weighted by molar-refractivity contribution is 7.89. The van der Waals surface area contributed by atoms with Crippen molar-refractivity contribution in [1.82, 2.24) is 9.21 Å². The molecule has 7 heteroatoms. The highest BCUT2D eigenvalue weighted by Gasteiger charge is 2.30. The summed E-state index contributed by atoms with van der Waals surface area (Å²) < 4.78 is 33.2. The molecule has 6 nitrogen and oxygen atoms in total. The van der Waals surface area contributed by atoms with Crippen molar-refractivity contribution in [2.75, 3.05) is 32.8 Å². The number of hydrogen-bond donors (Lipinski definition) is 0. The van der Waals surface area contributed by atoms with Crippen molar-refractivity contribution in [2.45, 2.75) is 63.3 Å². The fraction of sp³-hybridized carbons (Fsp3) is 0.667. The van der Waals surface area contributed by atoms with Crippen LogP contribution in [0.25, 0.3) is 0 Å². The highest BCUT2D eigenvalue weighted by Crippen LogP contribution is 2.27. The number of ether oxygens (including phenoxy) is 1. The Bertz CT molecular complexity index is 782. The van der Waals surface area contributed by atoms with Crippen LogP contribution in [-0.4, -0.2) is 62.4 Å². The van der Waals surface area contributed by atoms with Crippen LogP contribution in [0.2, 0.25) is 0 Å². The molecule has 1 aliphatic heterocycles. The van der Waals surface area contributed by atoms with E-state index in [1.54, 1.807) is 18.2 Å². The lowest BCUT2D eigenvalue weighted by molar-refractivity contribution is 0.0647. The predicted molar refractivity (Wildman–Crippen MR) is 109 cm³/mol. The van der Waals surface area contributed by atoms with Crippen LogP contribution < -0.4 is 0 Å². The highest BCUT2D eigenvalue weighted by atomic mass is 32.2. The fourth-order valence-corrected chi connectivity index (χ4v) is 6.00. The van der Waals surface area contributed by atoms with Gasteiger partial charge in [0, 0.05) is 31.2 Å². The molecular weight excluding hydrogens is 376 g/mol. The smallest absolute Gasteiger partial charge is 0.254 e. The first-order valence-electron chi connectivity index (χ1n) is 10.5. The van der Waals surface area contributed by atoms with Gasteiger partial charge in [-0.15, -0.1) is 0 Å². The predicted octanol–water partition coefficient (Wildman–Crippen LogP) is 3.06. The van der Waals surface area contributed by atoms with Gasteiger partial charge in [0.15, 0.2) is 0 Å². The van der Waals surface area contributed by atoms with E-state index in [0.29, 0.717) is 44.8 Å². The summed E-state index contributed by atoms with van der Waals surface area (Å²) in [5.41, 5.74) is 1.22. The topological polar surface area (TPSA) is 66.9 Å². The number of carbonyl (C=O) groups excluding carboxylic acids is 1. The minimum Gasteiger partial charge on any atom is -0.379 e. The molecule has 1 heterocycles. The number of amides is 1. The molecule has 0 unspecified atom stereocenters. The lowest BCUT2D eigenvalue weighted by Gasteiger charge is -2.34. The number of carbonyl (C=O) groups is 1. The molecule has 28 heavy (non-hydrogen) atoms. The van der Waals surface area contributed by atoms with E-state index in [0.717, 1.165) is 31.2 Å². The Morgan fingerprint density at radius 1 is 1.14 bits per heavy atom. The van der Waals surface area contributed by atoms with Crippen molar-refractivity contribution in [3.8, 4) is 0 Å². The van der Waals surface area contributed by atoms with Gasteiger partial charge in [-0.1, -0.05) is 32.3 Å². The molecule has 0 bridgehead atoms. The number of benzene rings is 1. The minimum atomic E-state index is -3.64. The maximum Gasteiger partial charge on any atom is 0.254 e. The summed E-state index contributed by atoms with van der Waals surface area (Å²) in [6, 6.07) is 5.44. The lowest BCUT2D eigenvalue weighted by Crippen LogP contribution is -2.42. The van der Waals surface area contributed by atoms with Gasteiger partial charge < -0.3 is 9.64 Å². The standard InChI is InChI=1S/C21H32N2O4S/c1-3-17-10-11-18(21(24)23(4-2)19-8-6-5-7-9-19)16-20(17)28(25,26)22-12-14-27-15-13-22/h10-11,16,19H,3-9,12-15H2,1-2H3. The maximum absolute atomic E-state index is 13.2. The Morgan fingerprint density at radius 2 is 1.82 bits per heavy atom. The summed E-state index contributed by atoms with van der Waals surface area (Å²) in [6.45, 7) is 6.10. The van der Waals surface area contributed by atoms with E-state index < -0.39 is 10.0 Å². The Hall–Kier alpha value is -1.44. The fourth-order valence-electron chi connectivity index (χ4n) is 4.27. The van der Waals surface area contributed by atoms with Gasteiger partial charge in [-0.05, 0) is 43.9 Å². The second kappa shape index (κ2) is 9.37. The van der Waals surface area contributed by atoms with Gasteiger partial charge in [0.1, 0.15) is 0 Å². The zero-order valence-corrected chi connectivity index (χ0v) is 17.8. The Morgan fingerprint density at radius 3 is 2.43 bits per heavy atom. The van der Waals surface area contributed by atoms with E-state index in [-0.39, 0.29) is 16.8 Å². The molecule has 0 atom stereocenters. The third kappa shape index (κ3) is 4.42. The van der Waals surface area contributed by atoms with Gasteiger partial charge in [0.05, 0.1) is 18.1 Å². The average molecular weight is 409 g/mol. The van der Waals surface area contributed by atoms with Crippen molar-refractivity contribution in [1.29, 1.82) is 0 Å². The molecule has 0 spiro atoms. The molecule has 1 saturated heterocycles. The van der Waals surface area contributed by atoms with E-state index in [2.05, 4.69) is 0 Å². The van der Waals surface area contributed by atoms with E-state index in [1.165, 1.54) is 10.7 Å². The Labute approximate surface area is 168 Å². The van der Waals surface area contributed by atoms with Gasteiger partial charge in [-0.25, -0.2) is 8.42 Å². The summed E-state index contributed by atoms with van der Waals surface area (Å²) in [6.07, 6.45) is 6.21. The lowest BCUT2D eigenvalue weighted by atomic mass is 9.93. The molecule has 1 aliphatic carbocycles. The van der Waals surface area contributed by atoms with Crippen molar-refractivity contribution < 1.29 is 17.9 Å². The first-order valence-corrected chi connectivity index (χ1v) is 11.9. The summed E-state index contributed by atoms with van der Waals surface area (Å²) in [4.78, 5) is 15.4. The normalized spacial score (nSPS) is 19.5. The monoisotopic (exact) mass is 408 g/mol. The number of aryl methyl sites for hydroxylation is 1. The first-order chi connectivity index (χ1) is 13.5. The zero-order chi connectivity index (χ0) is 20.1. The molecule has 2 fully saturated rings. The minimum absolute atomic E-state index is 0.0597. The van der Waals surface area contributed by atoms with Crippen molar-refractivity contribution in [3.63, 3.8) is 0 Å². The number of hydrogen-bond acceptors (Lipinski definition) is 4. The quantitative estimate of drug-likeness (QED) is 0.726. The SMILES string of the molecule is CCc1ccc(C(=O)N(CC)C2CCCCC2)cc1S(=O)(=O)N1CCOCC1. The molecule has 3 rings (SSSR count). The third-order valence-corrected chi connectivity index (χ3v) is 7.88. The van der Waals surface area contributed by atoms with E-state index in [4.69, 9.17) is 4.74 Å². The van der Waals surface area contributed by atoms with Crippen LogP contribution in [0.5, 0.6) is 0 Å². The van der Waals surface area contributed by atoms with Crippen molar-refractivity contribution in [3.05, 3.63) is 29.3 Å². The molecule has 0 radical (unpaired) electrons. The molecule has 1 amide bonds. The van der Waals surface area contributed by atoms with Crippen molar-refractivity contribution >= 4 is 15.9 Å². The van der Waals surface area contributed by atoms with Crippen LogP contribution in [0.4, 0.5) is 0 Å². The summed E-state index contributed by atoms with van der Waals surface area (Å²) in [5, 5.41) is 0. The van der Waals surface area contributed by atoms with E-state index in [9.17, 15) is 13.2 Å². The van der Waals surface area contributed by atoms with Crippen LogP contribution in [0.3, 0.4) is 0 Å². The number of sulfonamides is 1. The van der Waals surface area contributed by atoms with Crippen LogP contribution in [-0.2, 0) is 21.2 Å². The largest absolute Gasteiger partial charge is 0.379 e. The van der Waals surface area contributed by atoms with Crippen molar-refractivity contribution in [2.24, 2.45) is 0 Å². The molecule has 1 saturated carbocycles. The second-order valence-electron chi connectivity index (χ2n) is 7.58. The summed E-state index contributed by atoms with van der Waals surface area (Å²) in [7, 11) is -3.64. The maximum atomic E-state index is 13.2. The Balaban J connectivity index is 1.92. The van der Waals surface area contributed by atoms with Crippen LogP contribution in [0.1, 0.15) is 61.9 Å². The van der Waals surface area contributed by atoms with Gasteiger partial charge in [0.25, 0.3) is 5.91 Å². The van der Waals surface area contributed by atoms with Gasteiger partial charge in [-0.3, -0.25) is 4.79 Å². The van der Waals surface area contributed by atoms with E-state index >= 15 is 0 Å². The van der Waals surface area contributed by atoms with Gasteiger partial charge >= 0.3 is 0 Å². The van der Waals surface area contributed by atoms with Gasteiger partial charge in [-0.2, -0.15) is 4.31 Å². The molecule has 156 valence electrons. The summed E-state index contributed by atoms with van der Waals surface area (Å²) in [5.74, 6) is -0.0597. The molecule has 0 N–H and O–H groups in total. The number of morpholine rings is 1. The molecule has 1 aromatic rings. The molecule has 2 aliphatic rings. The molecule has 1 aromatic carbocycles. The second-order valence-corrected chi connectivity index (χ2v) is 9.48. The average Bonchev–Trinajstić information content (AvgIpc) is 2.75. The third-order valence-electron chi connectivity index (χ3n) is 5.90. The zero-order valence-electron chi connectivity index (χ0n) is 17.0. The van der Waals surface area contributed by atoms with Crippen LogP contribution in [0, 0.1) is 0 Å². The van der Waals surface area contributed by atoms with Gasteiger partial charge in [0.2, 0.25) is 10.0 Å². The summed E-state index contributed by atoms with van der Waals surface area (Å²) >= 11 is 0. The number of rotatable bonds is 6. The van der Waals surface area contributed by atoms with Crippen LogP contribution >= 0.6 is 0 Å².